The summed E-state index contributed by atoms with van der Waals surface area (Å²) in [7, 11) is -2.91. The van der Waals surface area contributed by atoms with Crippen LogP contribution in [0, 0.1) is 16.7 Å². The molecule has 1 aliphatic rings. The Kier molecular flexibility index (Phi) is 5.06. The summed E-state index contributed by atoms with van der Waals surface area (Å²) in [4.78, 5) is 11.8. The van der Waals surface area contributed by atoms with Crippen LogP contribution in [-0.4, -0.2) is 32.7 Å². The van der Waals surface area contributed by atoms with Crippen molar-refractivity contribution in [3.63, 3.8) is 0 Å². The molecule has 0 amide bonds. The van der Waals surface area contributed by atoms with Gasteiger partial charge in [0, 0.05) is 16.7 Å². The Balaban J connectivity index is 1.96. The van der Waals surface area contributed by atoms with E-state index in [1.54, 1.807) is 18.2 Å². The van der Waals surface area contributed by atoms with E-state index in [-0.39, 0.29) is 27.4 Å². The van der Waals surface area contributed by atoms with Crippen LogP contribution in [0.15, 0.2) is 58.6 Å². The lowest BCUT2D eigenvalue weighted by atomic mass is 9.95. The van der Waals surface area contributed by atoms with Gasteiger partial charge in [-0.25, -0.2) is 0 Å². The SMILES string of the molecule is COc1ccc(/C(C#N)=N/OS(=O)(=O)c2cccc3c2C=CC(=N)C3=O)cc1. The first kappa shape index (κ1) is 19.0. The maximum absolute atomic E-state index is 12.6. The van der Waals surface area contributed by atoms with Crippen LogP contribution in [0.25, 0.3) is 6.08 Å². The van der Waals surface area contributed by atoms with E-state index in [1.165, 1.54) is 49.6 Å². The van der Waals surface area contributed by atoms with Gasteiger partial charge in [0.2, 0.25) is 5.78 Å². The predicted octanol–water partition coefficient (Wildman–Crippen LogP) is 2.56. The van der Waals surface area contributed by atoms with Gasteiger partial charge in [-0.1, -0.05) is 23.4 Å². The van der Waals surface area contributed by atoms with Gasteiger partial charge < -0.3 is 4.74 Å². The summed E-state index contributed by atoms with van der Waals surface area (Å²) in [5, 5.41) is 20.3. The lowest BCUT2D eigenvalue weighted by molar-refractivity contribution is 0.106. The van der Waals surface area contributed by atoms with Crippen LogP contribution >= 0.6 is 0 Å². The van der Waals surface area contributed by atoms with Crippen molar-refractivity contribution >= 4 is 33.4 Å². The van der Waals surface area contributed by atoms with Crippen molar-refractivity contribution in [1.29, 1.82) is 10.7 Å². The van der Waals surface area contributed by atoms with Crippen molar-refractivity contribution in [1.82, 2.24) is 0 Å². The van der Waals surface area contributed by atoms with Crippen LogP contribution in [0.4, 0.5) is 0 Å². The number of hydrogen-bond acceptors (Lipinski definition) is 8. The molecule has 0 aromatic heterocycles. The third-order valence-electron chi connectivity index (χ3n) is 3.94. The molecule has 140 valence electrons. The Bertz CT molecular complexity index is 1170. The van der Waals surface area contributed by atoms with E-state index in [1.807, 2.05) is 0 Å². The number of Topliss-reactive ketones (excluding diaryl/α,β-unsaturated/α-hetero) is 1. The van der Waals surface area contributed by atoms with Gasteiger partial charge in [0.15, 0.2) is 5.71 Å². The molecule has 0 atom stereocenters. The van der Waals surface area contributed by atoms with Crippen LogP contribution in [0.5, 0.6) is 5.75 Å². The fourth-order valence-corrected chi connectivity index (χ4v) is 3.48. The summed E-state index contributed by atoms with van der Waals surface area (Å²) >= 11 is 0. The second-order valence-electron chi connectivity index (χ2n) is 5.60. The van der Waals surface area contributed by atoms with E-state index in [2.05, 4.69) is 5.16 Å². The highest BCUT2D eigenvalue weighted by molar-refractivity contribution is 7.86. The molecule has 0 spiro atoms. The molecule has 0 aliphatic heterocycles. The van der Waals surface area contributed by atoms with E-state index in [0.29, 0.717) is 11.3 Å². The number of rotatable bonds is 5. The second-order valence-corrected chi connectivity index (χ2v) is 7.10. The standard InChI is InChI=1S/C19H13N3O5S/c1-26-13-7-5-12(6-8-13)17(11-20)22-27-28(24,25)18-4-2-3-15-14(18)9-10-16(21)19(15)23/h2-10,21H,1H3/b21-16?,22-17+. The second kappa shape index (κ2) is 7.46. The summed E-state index contributed by atoms with van der Waals surface area (Å²) in [6.07, 6.45) is 2.57. The number of benzene rings is 2. The van der Waals surface area contributed by atoms with Gasteiger partial charge in [0.1, 0.15) is 22.4 Å². The van der Waals surface area contributed by atoms with E-state index in [0.717, 1.165) is 0 Å². The number of carbonyl (C=O) groups excluding carboxylic acids is 1. The largest absolute Gasteiger partial charge is 0.497 e. The molecule has 1 N–H and O–H groups in total. The quantitative estimate of drug-likeness (QED) is 0.612. The van der Waals surface area contributed by atoms with Gasteiger partial charge in [-0.2, -0.15) is 13.7 Å². The maximum atomic E-state index is 12.6. The number of fused-ring (bicyclic) bond motifs is 1. The van der Waals surface area contributed by atoms with Crippen molar-refractivity contribution in [3.05, 3.63) is 65.2 Å². The summed E-state index contributed by atoms with van der Waals surface area (Å²) in [5.41, 5.74) is 0.0484. The smallest absolute Gasteiger partial charge is 0.359 e. The van der Waals surface area contributed by atoms with Crippen LogP contribution in [-0.2, 0) is 14.4 Å². The number of nitrogens with one attached hydrogen (secondary N) is 1. The molecule has 0 radical (unpaired) electrons. The molecule has 28 heavy (non-hydrogen) atoms. The minimum absolute atomic E-state index is 0.0804. The van der Waals surface area contributed by atoms with Crippen molar-refractivity contribution in [2.24, 2.45) is 5.16 Å². The minimum Gasteiger partial charge on any atom is -0.497 e. The average molecular weight is 395 g/mol. The molecule has 0 saturated heterocycles. The molecule has 0 unspecified atom stereocenters. The first-order valence-electron chi connectivity index (χ1n) is 7.88. The third-order valence-corrected chi connectivity index (χ3v) is 5.10. The van der Waals surface area contributed by atoms with Crippen molar-refractivity contribution < 1.29 is 22.2 Å². The van der Waals surface area contributed by atoms with Crippen LogP contribution in [0.2, 0.25) is 0 Å². The molecule has 0 fully saturated rings. The molecule has 0 heterocycles. The highest BCUT2D eigenvalue weighted by Crippen LogP contribution is 2.27. The monoisotopic (exact) mass is 395 g/mol. The number of hydrogen-bond donors (Lipinski definition) is 1. The molecule has 8 nitrogen and oxygen atoms in total. The van der Waals surface area contributed by atoms with E-state index < -0.39 is 15.9 Å². The van der Waals surface area contributed by atoms with Gasteiger partial charge in [-0.3, -0.25) is 14.5 Å². The molecule has 3 rings (SSSR count). The maximum Gasteiger partial charge on any atom is 0.359 e. The number of ketones is 1. The fraction of sp³-hybridized carbons (Fsp3) is 0.0526. The Morgan fingerprint density at radius 3 is 2.50 bits per heavy atom. The van der Waals surface area contributed by atoms with Crippen LogP contribution in [0.1, 0.15) is 21.5 Å². The molecule has 2 aromatic rings. The van der Waals surface area contributed by atoms with E-state index in [4.69, 9.17) is 14.4 Å². The number of ether oxygens (including phenoxy) is 1. The third kappa shape index (κ3) is 3.54. The Morgan fingerprint density at radius 1 is 1.14 bits per heavy atom. The molecular weight excluding hydrogens is 382 g/mol. The number of carbonyl (C=O) groups is 1. The number of allylic oxidation sites excluding steroid dienone is 1. The number of oxime groups is 1. The van der Waals surface area contributed by atoms with Crippen molar-refractivity contribution in [3.8, 4) is 11.8 Å². The highest BCUT2D eigenvalue weighted by atomic mass is 32.2. The summed E-state index contributed by atoms with van der Waals surface area (Å²) < 4.78 is 34.9. The molecule has 9 heteroatoms. The highest BCUT2D eigenvalue weighted by Gasteiger charge is 2.27. The molecular formula is C19H13N3O5S. The zero-order valence-corrected chi connectivity index (χ0v) is 15.4. The Hall–Kier alpha value is -3.77. The normalized spacial score (nSPS) is 13.6. The van der Waals surface area contributed by atoms with Crippen molar-refractivity contribution in [2.45, 2.75) is 4.90 Å². The van der Waals surface area contributed by atoms with Gasteiger partial charge >= 0.3 is 10.1 Å². The van der Waals surface area contributed by atoms with E-state index in [9.17, 15) is 18.5 Å². The predicted molar refractivity (Wildman–Crippen MR) is 101 cm³/mol. The summed E-state index contributed by atoms with van der Waals surface area (Å²) in [5.74, 6) is -0.0264. The Morgan fingerprint density at radius 2 is 1.86 bits per heavy atom. The Labute approximate surface area is 160 Å². The van der Waals surface area contributed by atoms with Gasteiger partial charge in [0.05, 0.1) is 7.11 Å². The molecule has 0 saturated carbocycles. The first-order valence-corrected chi connectivity index (χ1v) is 9.28. The average Bonchev–Trinajstić information content (AvgIpc) is 2.71. The lowest BCUT2D eigenvalue weighted by Crippen LogP contribution is -2.18. The zero-order valence-electron chi connectivity index (χ0n) is 14.5. The first-order chi connectivity index (χ1) is 13.4. The molecule has 2 aromatic carbocycles. The van der Waals surface area contributed by atoms with Crippen LogP contribution < -0.4 is 4.74 Å². The lowest BCUT2D eigenvalue weighted by Gasteiger charge is -2.13. The number of methoxy groups -OCH3 is 1. The number of nitrogens with zero attached hydrogens (tertiary/aromatic N) is 2. The fourth-order valence-electron chi connectivity index (χ4n) is 2.53. The topological polar surface area (TPSA) is 130 Å². The molecule has 1 aliphatic carbocycles. The van der Waals surface area contributed by atoms with Gasteiger partial charge in [-0.05, 0) is 36.4 Å². The van der Waals surface area contributed by atoms with Crippen LogP contribution in [0.3, 0.4) is 0 Å². The van der Waals surface area contributed by atoms with E-state index >= 15 is 0 Å². The zero-order chi connectivity index (χ0) is 20.3. The van der Waals surface area contributed by atoms with Crippen molar-refractivity contribution in [2.75, 3.05) is 7.11 Å². The van der Waals surface area contributed by atoms with Gasteiger partial charge in [0.25, 0.3) is 0 Å². The molecule has 0 bridgehead atoms. The number of nitriles is 1. The minimum atomic E-state index is -4.41. The summed E-state index contributed by atoms with van der Waals surface area (Å²) in [6, 6.07) is 12.1. The van der Waals surface area contributed by atoms with Gasteiger partial charge in [-0.15, -0.1) is 0 Å². The summed E-state index contributed by atoms with van der Waals surface area (Å²) in [6.45, 7) is 0.